The Morgan fingerprint density at radius 3 is 2.50 bits per heavy atom. The van der Waals surface area contributed by atoms with Gasteiger partial charge in [0, 0.05) is 16.3 Å². The molecular formula is C21H25N. The smallest absolute Gasteiger partial charge is 0.0538 e. The third kappa shape index (κ3) is 2.68. The quantitative estimate of drug-likeness (QED) is 0.727. The molecular weight excluding hydrogens is 266 g/mol. The van der Waals surface area contributed by atoms with Crippen molar-refractivity contribution >= 4 is 11.3 Å². The molecule has 0 saturated carbocycles. The molecule has 1 nitrogen and oxygen atoms in total. The van der Waals surface area contributed by atoms with E-state index in [1.54, 1.807) is 6.07 Å². The van der Waals surface area contributed by atoms with Gasteiger partial charge in [0.25, 0.3) is 0 Å². The van der Waals surface area contributed by atoms with Crippen molar-refractivity contribution in [2.75, 3.05) is 11.4 Å². The Bertz CT molecular complexity index is 831. The molecule has 1 aliphatic heterocycles. The van der Waals surface area contributed by atoms with Crippen LogP contribution in [-0.4, -0.2) is 12.1 Å². The molecule has 1 aliphatic rings. The molecule has 0 spiro atoms. The first-order chi connectivity index (χ1) is 11.6. The van der Waals surface area contributed by atoms with Crippen molar-refractivity contribution in [3.8, 4) is 0 Å². The maximum Gasteiger partial charge on any atom is 0.0538 e. The van der Waals surface area contributed by atoms with Gasteiger partial charge in [-0.25, -0.2) is 0 Å². The van der Waals surface area contributed by atoms with E-state index in [9.17, 15) is 0 Å². The molecule has 0 fully saturated rings. The standard InChI is InChI=1S/C21H25N/c1-15-10-16(2)12-18(11-15)19-13-21(4,5)22(14-19)20-9-7-6-8-17(20)3/h6-13H,14H2,1-5H3/i1D3. The van der Waals surface area contributed by atoms with Gasteiger partial charge in [-0.2, -0.15) is 0 Å². The molecule has 0 atom stereocenters. The Morgan fingerprint density at radius 1 is 1.05 bits per heavy atom. The summed E-state index contributed by atoms with van der Waals surface area (Å²) in [6.07, 6.45) is 2.26. The summed E-state index contributed by atoms with van der Waals surface area (Å²) in [4.78, 5) is 2.38. The van der Waals surface area contributed by atoms with Crippen molar-refractivity contribution < 1.29 is 4.11 Å². The molecule has 0 aromatic heterocycles. The molecule has 0 unspecified atom stereocenters. The van der Waals surface area contributed by atoms with E-state index in [1.165, 1.54) is 16.8 Å². The lowest BCUT2D eigenvalue weighted by Crippen LogP contribution is -2.39. The third-order valence-electron chi connectivity index (χ3n) is 4.41. The molecule has 2 aromatic carbocycles. The van der Waals surface area contributed by atoms with E-state index in [1.807, 2.05) is 13.0 Å². The molecule has 0 aliphatic carbocycles. The topological polar surface area (TPSA) is 3.24 Å². The highest BCUT2D eigenvalue weighted by Gasteiger charge is 2.32. The van der Waals surface area contributed by atoms with E-state index in [2.05, 4.69) is 62.1 Å². The molecule has 0 radical (unpaired) electrons. The van der Waals surface area contributed by atoms with E-state index in [-0.39, 0.29) is 5.54 Å². The Labute approximate surface area is 138 Å². The highest BCUT2D eigenvalue weighted by Crippen LogP contribution is 2.37. The predicted octanol–water partition coefficient (Wildman–Crippen LogP) is 5.29. The fourth-order valence-electron chi connectivity index (χ4n) is 3.33. The fraction of sp³-hybridized carbons (Fsp3) is 0.333. The summed E-state index contributed by atoms with van der Waals surface area (Å²) >= 11 is 0. The molecule has 3 rings (SSSR count). The van der Waals surface area contributed by atoms with Gasteiger partial charge in [-0.05, 0) is 57.3 Å². The van der Waals surface area contributed by atoms with Gasteiger partial charge in [-0.3, -0.25) is 0 Å². The average molecular weight is 294 g/mol. The van der Waals surface area contributed by atoms with Crippen LogP contribution < -0.4 is 4.90 Å². The number of rotatable bonds is 2. The average Bonchev–Trinajstić information content (AvgIpc) is 2.82. The lowest BCUT2D eigenvalue weighted by Gasteiger charge is -2.34. The van der Waals surface area contributed by atoms with E-state index in [0.717, 1.165) is 17.7 Å². The normalized spacial score (nSPS) is 19.4. The van der Waals surface area contributed by atoms with Crippen LogP contribution >= 0.6 is 0 Å². The van der Waals surface area contributed by atoms with Crippen molar-refractivity contribution in [1.29, 1.82) is 0 Å². The first kappa shape index (κ1) is 11.5. The molecule has 1 heterocycles. The Hall–Kier alpha value is -2.02. The number of hydrogen-bond donors (Lipinski definition) is 0. The first-order valence-corrected chi connectivity index (χ1v) is 7.75. The van der Waals surface area contributed by atoms with Crippen LogP contribution in [0.3, 0.4) is 0 Å². The van der Waals surface area contributed by atoms with E-state index < -0.39 is 6.85 Å². The highest BCUT2D eigenvalue weighted by molar-refractivity contribution is 5.78. The second kappa shape index (κ2) is 5.31. The van der Waals surface area contributed by atoms with Crippen LogP contribution in [0.2, 0.25) is 0 Å². The molecule has 1 heteroatoms. The third-order valence-corrected chi connectivity index (χ3v) is 4.41. The van der Waals surface area contributed by atoms with Gasteiger partial charge in [0.05, 0.1) is 5.54 Å². The van der Waals surface area contributed by atoms with Crippen molar-refractivity contribution in [3.63, 3.8) is 0 Å². The molecule has 0 saturated heterocycles. The maximum absolute atomic E-state index is 7.72. The van der Waals surface area contributed by atoms with Gasteiger partial charge in [-0.15, -0.1) is 0 Å². The van der Waals surface area contributed by atoms with Crippen molar-refractivity contribution in [1.82, 2.24) is 0 Å². The van der Waals surface area contributed by atoms with E-state index >= 15 is 0 Å². The monoisotopic (exact) mass is 294 g/mol. The molecule has 0 bridgehead atoms. The van der Waals surface area contributed by atoms with Crippen LogP contribution in [0.25, 0.3) is 5.57 Å². The summed E-state index contributed by atoms with van der Waals surface area (Å²) in [5, 5.41) is 0. The van der Waals surface area contributed by atoms with Gasteiger partial charge >= 0.3 is 0 Å². The van der Waals surface area contributed by atoms with Gasteiger partial charge in [0.15, 0.2) is 0 Å². The van der Waals surface area contributed by atoms with Crippen LogP contribution in [0.4, 0.5) is 5.69 Å². The van der Waals surface area contributed by atoms with Crippen molar-refractivity contribution in [2.45, 2.75) is 40.1 Å². The summed E-state index contributed by atoms with van der Waals surface area (Å²) in [7, 11) is 0. The minimum atomic E-state index is -2.08. The number of nitrogens with zero attached hydrogens (tertiary/aromatic N) is 1. The van der Waals surface area contributed by atoms with Crippen LogP contribution in [0.1, 0.15) is 40.2 Å². The molecule has 2 aromatic rings. The number of aryl methyl sites for hydroxylation is 3. The minimum absolute atomic E-state index is 0.120. The lowest BCUT2D eigenvalue weighted by molar-refractivity contribution is 0.611. The van der Waals surface area contributed by atoms with Crippen LogP contribution in [0, 0.1) is 20.7 Å². The zero-order chi connectivity index (χ0) is 18.4. The van der Waals surface area contributed by atoms with Gasteiger partial charge in [-0.1, -0.05) is 53.6 Å². The van der Waals surface area contributed by atoms with Gasteiger partial charge < -0.3 is 4.90 Å². The Balaban J connectivity index is 2.01. The molecule has 22 heavy (non-hydrogen) atoms. The molecule has 0 amide bonds. The summed E-state index contributed by atoms with van der Waals surface area (Å²) in [5.74, 6) is 0. The largest absolute Gasteiger partial charge is 0.358 e. The zero-order valence-corrected chi connectivity index (χ0v) is 13.8. The summed E-state index contributed by atoms with van der Waals surface area (Å²) < 4.78 is 23.2. The number of anilines is 1. The second-order valence-corrected chi connectivity index (χ2v) is 6.78. The Morgan fingerprint density at radius 2 is 1.77 bits per heavy atom. The van der Waals surface area contributed by atoms with Gasteiger partial charge in [0.2, 0.25) is 0 Å². The second-order valence-electron chi connectivity index (χ2n) is 6.78. The highest BCUT2D eigenvalue weighted by atomic mass is 15.2. The summed E-state index contributed by atoms with van der Waals surface area (Å²) in [5.41, 5.74) is 5.94. The number of benzene rings is 2. The number of para-hydroxylation sites is 1. The molecule has 0 N–H and O–H groups in total. The minimum Gasteiger partial charge on any atom is -0.358 e. The SMILES string of the molecule is [2H]C([2H])([2H])c1cc(C)cc(C2=CC(C)(C)N(c3ccccc3C)C2)c1. The predicted molar refractivity (Wildman–Crippen MR) is 96.5 cm³/mol. The lowest BCUT2D eigenvalue weighted by atomic mass is 9.99. The van der Waals surface area contributed by atoms with Crippen molar-refractivity contribution in [3.05, 3.63) is 70.8 Å². The number of hydrogen-bond acceptors (Lipinski definition) is 1. The van der Waals surface area contributed by atoms with Crippen LogP contribution in [0.5, 0.6) is 0 Å². The zero-order valence-electron chi connectivity index (χ0n) is 16.8. The summed E-state index contributed by atoms with van der Waals surface area (Å²) in [6, 6.07) is 14.1. The fourth-order valence-corrected chi connectivity index (χ4v) is 3.33. The molecule has 114 valence electrons. The van der Waals surface area contributed by atoms with Crippen LogP contribution in [-0.2, 0) is 0 Å². The summed E-state index contributed by atoms with van der Waals surface area (Å²) in [6.45, 7) is 7.19. The van der Waals surface area contributed by atoms with Crippen LogP contribution in [0.15, 0.2) is 48.5 Å². The maximum atomic E-state index is 7.72. The first-order valence-electron chi connectivity index (χ1n) is 9.25. The Kier molecular flexibility index (Phi) is 2.79. The van der Waals surface area contributed by atoms with Gasteiger partial charge in [0.1, 0.15) is 0 Å². The van der Waals surface area contributed by atoms with Crippen molar-refractivity contribution in [2.24, 2.45) is 0 Å². The van der Waals surface area contributed by atoms with E-state index in [4.69, 9.17) is 4.11 Å². The van der Waals surface area contributed by atoms with E-state index in [0.29, 0.717) is 5.56 Å².